The zero-order valence-corrected chi connectivity index (χ0v) is 17.4. The van der Waals surface area contributed by atoms with E-state index in [-0.39, 0.29) is 11.7 Å². The first-order valence-electron chi connectivity index (χ1n) is 10.6. The molecule has 2 aliphatic rings. The second kappa shape index (κ2) is 7.10. The number of para-hydroxylation sites is 1. The molecule has 4 nitrogen and oxygen atoms in total. The summed E-state index contributed by atoms with van der Waals surface area (Å²) in [6.07, 6.45) is 4.98. The number of carbonyl (C=O) groups is 1. The number of benzene rings is 2. The molecule has 5 rings (SSSR count). The molecule has 5 heteroatoms. The monoisotopic (exact) mass is 403 g/mol. The van der Waals surface area contributed by atoms with E-state index in [1.807, 2.05) is 49.2 Å². The van der Waals surface area contributed by atoms with Crippen molar-refractivity contribution >= 4 is 28.1 Å². The Morgan fingerprint density at radius 1 is 1.10 bits per heavy atom. The Morgan fingerprint density at radius 3 is 2.73 bits per heavy atom. The molecule has 1 N–H and O–H groups in total. The number of hydrogen-bond acceptors (Lipinski definition) is 2. The van der Waals surface area contributed by atoms with Gasteiger partial charge in [0.05, 0.1) is 5.41 Å². The molecular weight excluding hydrogens is 377 g/mol. The van der Waals surface area contributed by atoms with E-state index in [0.717, 1.165) is 48.4 Å². The van der Waals surface area contributed by atoms with Crippen LogP contribution in [0.5, 0.6) is 0 Å². The van der Waals surface area contributed by atoms with Crippen LogP contribution in [-0.2, 0) is 10.2 Å². The lowest BCUT2D eigenvalue weighted by Gasteiger charge is -2.29. The number of carbonyl (C=O) groups excluding carboxylic acids is 1. The number of nitrogens with zero attached hydrogens (tertiary/aromatic N) is 2. The molecule has 0 aliphatic carbocycles. The average Bonchev–Trinajstić information content (AvgIpc) is 3.27. The van der Waals surface area contributed by atoms with Gasteiger partial charge in [-0.05, 0) is 49.6 Å². The molecule has 0 spiro atoms. The van der Waals surface area contributed by atoms with Gasteiger partial charge in [0.1, 0.15) is 5.82 Å². The van der Waals surface area contributed by atoms with Crippen molar-refractivity contribution in [3.05, 3.63) is 71.7 Å². The smallest absolute Gasteiger partial charge is 0.237 e. The van der Waals surface area contributed by atoms with Crippen molar-refractivity contribution in [3.8, 4) is 0 Å². The molecule has 154 valence electrons. The van der Waals surface area contributed by atoms with Crippen LogP contribution in [0.25, 0.3) is 16.5 Å². The summed E-state index contributed by atoms with van der Waals surface area (Å²) in [6.45, 7) is 7.23. The lowest BCUT2D eigenvalue weighted by molar-refractivity contribution is -0.122. The molecule has 0 fully saturated rings. The maximum Gasteiger partial charge on any atom is 0.237 e. The number of amides is 1. The van der Waals surface area contributed by atoms with Gasteiger partial charge in [-0.2, -0.15) is 0 Å². The Hall–Kier alpha value is -2.92. The second-order valence-electron chi connectivity index (χ2n) is 8.74. The number of aromatic nitrogens is 1. The maximum atomic E-state index is 14.3. The molecule has 0 bridgehead atoms. The van der Waals surface area contributed by atoms with E-state index in [2.05, 4.69) is 22.0 Å². The van der Waals surface area contributed by atoms with Crippen LogP contribution in [0.3, 0.4) is 0 Å². The highest BCUT2D eigenvalue weighted by Gasteiger charge is 2.43. The minimum Gasteiger partial charge on any atom is -0.360 e. The molecule has 1 aromatic heterocycles. The van der Waals surface area contributed by atoms with Gasteiger partial charge in [-0.1, -0.05) is 30.3 Å². The predicted molar refractivity (Wildman–Crippen MR) is 119 cm³/mol. The van der Waals surface area contributed by atoms with E-state index in [9.17, 15) is 9.18 Å². The number of halogens is 1. The summed E-state index contributed by atoms with van der Waals surface area (Å²) in [5.74, 6) is -0.00730. The van der Waals surface area contributed by atoms with Crippen LogP contribution in [0.1, 0.15) is 31.4 Å². The van der Waals surface area contributed by atoms with Gasteiger partial charge < -0.3 is 9.88 Å². The molecule has 0 radical (unpaired) electrons. The topological polar surface area (TPSA) is 39.3 Å². The first kappa shape index (κ1) is 19.1. The molecule has 1 amide bonds. The van der Waals surface area contributed by atoms with E-state index >= 15 is 0 Å². The van der Waals surface area contributed by atoms with Gasteiger partial charge in [-0.3, -0.25) is 9.69 Å². The van der Waals surface area contributed by atoms with Gasteiger partial charge in [-0.15, -0.1) is 0 Å². The normalized spacial score (nSPS) is 18.7. The summed E-state index contributed by atoms with van der Waals surface area (Å²) >= 11 is 0. The van der Waals surface area contributed by atoms with Gasteiger partial charge in [0, 0.05) is 54.5 Å². The number of rotatable bonds is 4. The van der Waals surface area contributed by atoms with Gasteiger partial charge in [-0.25, -0.2) is 4.39 Å². The quantitative estimate of drug-likeness (QED) is 0.685. The predicted octanol–water partition coefficient (Wildman–Crippen LogP) is 4.72. The third kappa shape index (κ3) is 2.96. The highest BCUT2D eigenvalue weighted by atomic mass is 19.1. The fourth-order valence-corrected chi connectivity index (χ4v) is 4.82. The van der Waals surface area contributed by atoms with Crippen molar-refractivity contribution in [1.29, 1.82) is 0 Å². The molecule has 3 heterocycles. The third-order valence-corrected chi connectivity index (χ3v) is 6.58. The number of nitrogens with one attached hydrogen (secondary N) is 1. The summed E-state index contributed by atoms with van der Waals surface area (Å²) in [5, 5.41) is 0.679. The van der Waals surface area contributed by atoms with Crippen molar-refractivity contribution in [2.75, 3.05) is 31.1 Å². The molecule has 0 saturated carbocycles. The molecular formula is C25H26FN3O. The first-order chi connectivity index (χ1) is 14.5. The van der Waals surface area contributed by atoms with Gasteiger partial charge in [0.15, 0.2) is 0 Å². The lowest BCUT2D eigenvalue weighted by atomic mass is 9.86. The Kier molecular flexibility index (Phi) is 4.51. The molecule has 0 atom stereocenters. The van der Waals surface area contributed by atoms with E-state index in [0.29, 0.717) is 11.9 Å². The zero-order chi connectivity index (χ0) is 20.9. The van der Waals surface area contributed by atoms with Crippen LogP contribution in [0.4, 0.5) is 10.1 Å². The largest absolute Gasteiger partial charge is 0.360 e. The van der Waals surface area contributed by atoms with Crippen molar-refractivity contribution in [2.45, 2.75) is 25.7 Å². The summed E-state index contributed by atoms with van der Waals surface area (Å²) < 4.78 is 14.3. The summed E-state index contributed by atoms with van der Waals surface area (Å²) in [7, 11) is 0. The van der Waals surface area contributed by atoms with Crippen molar-refractivity contribution in [2.24, 2.45) is 0 Å². The number of aromatic amines is 1. The van der Waals surface area contributed by atoms with Crippen LogP contribution >= 0.6 is 0 Å². The number of anilines is 1. The number of fused-ring (bicyclic) bond motifs is 2. The van der Waals surface area contributed by atoms with E-state index in [1.165, 1.54) is 11.6 Å². The third-order valence-electron chi connectivity index (χ3n) is 6.58. The first-order valence-corrected chi connectivity index (χ1v) is 10.6. The highest BCUT2D eigenvalue weighted by molar-refractivity contribution is 6.07. The SMILES string of the molecule is CC1(C)C(=O)N(CCN2CC=C(c3c[nH]c4cccc(F)c34)CC2)c2ccccc21. The van der Waals surface area contributed by atoms with Crippen molar-refractivity contribution < 1.29 is 9.18 Å². The number of hydrogen-bond donors (Lipinski definition) is 1. The lowest BCUT2D eigenvalue weighted by Crippen LogP contribution is -2.42. The Balaban J connectivity index is 1.29. The Labute approximate surface area is 176 Å². The Bertz CT molecular complexity index is 1160. The van der Waals surface area contributed by atoms with E-state index in [1.54, 1.807) is 6.07 Å². The summed E-state index contributed by atoms with van der Waals surface area (Å²) in [5.41, 5.74) is 4.67. The summed E-state index contributed by atoms with van der Waals surface area (Å²) in [4.78, 5) is 20.5. The summed E-state index contributed by atoms with van der Waals surface area (Å²) in [6, 6.07) is 13.3. The minimum atomic E-state index is -0.467. The molecule has 2 aliphatic heterocycles. The molecule has 2 aromatic carbocycles. The molecule has 3 aromatic rings. The zero-order valence-electron chi connectivity index (χ0n) is 17.4. The van der Waals surface area contributed by atoms with Crippen LogP contribution in [-0.4, -0.2) is 42.0 Å². The highest BCUT2D eigenvalue weighted by Crippen LogP contribution is 2.41. The minimum absolute atomic E-state index is 0.172. The van der Waals surface area contributed by atoms with Gasteiger partial charge >= 0.3 is 0 Å². The van der Waals surface area contributed by atoms with E-state index in [4.69, 9.17) is 0 Å². The maximum absolute atomic E-state index is 14.3. The van der Waals surface area contributed by atoms with Gasteiger partial charge in [0.2, 0.25) is 5.91 Å². The van der Waals surface area contributed by atoms with Crippen molar-refractivity contribution in [1.82, 2.24) is 9.88 Å². The fourth-order valence-electron chi connectivity index (χ4n) is 4.82. The van der Waals surface area contributed by atoms with Crippen LogP contribution in [0, 0.1) is 5.82 Å². The second-order valence-corrected chi connectivity index (χ2v) is 8.74. The van der Waals surface area contributed by atoms with E-state index < -0.39 is 5.41 Å². The standard InChI is InChI=1S/C25H26FN3O/c1-25(2)19-6-3-4-9-22(19)29(24(25)30)15-14-28-12-10-17(11-13-28)18-16-27-21-8-5-7-20(26)23(18)21/h3-10,16,27H,11-15H2,1-2H3. The van der Waals surface area contributed by atoms with Crippen LogP contribution in [0.2, 0.25) is 0 Å². The molecule has 0 unspecified atom stereocenters. The van der Waals surface area contributed by atoms with Crippen LogP contribution in [0.15, 0.2) is 54.7 Å². The van der Waals surface area contributed by atoms with Gasteiger partial charge in [0.25, 0.3) is 0 Å². The molecule has 0 saturated heterocycles. The Morgan fingerprint density at radius 2 is 1.93 bits per heavy atom. The molecule has 30 heavy (non-hydrogen) atoms. The van der Waals surface area contributed by atoms with Crippen LogP contribution < -0.4 is 4.90 Å². The number of H-pyrrole nitrogens is 1. The average molecular weight is 404 g/mol. The fraction of sp³-hybridized carbons (Fsp3) is 0.320. The van der Waals surface area contributed by atoms with Crippen molar-refractivity contribution in [3.63, 3.8) is 0 Å².